The van der Waals surface area contributed by atoms with Crippen molar-refractivity contribution in [2.45, 2.75) is 33.4 Å². The third-order valence-electron chi connectivity index (χ3n) is 2.85. The summed E-state index contributed by atoms with van der Waals surface area (Å²) >= 11 is 0. The van der Waals surface area contributed by atoms with Gasteiger partial charge in [-0.3, -0.25) is 4.90 Å². The first-order chi connectivity index (χ1) is 7.04. The van der Waals surface area contributed by atoms with Crippen LogP contribution in [0.1, 0.15) is 25.0 Å². The van der Waals surface area contributed by atoms with Gasteiger partial charge in [0.25, 0.3) is 0 Å². The van der Waals surface area contributed by atoms with E-state index in [2.05, 4.69) is 44.9 Å². The number of hydrogen-bond acceptors (Lipinski definition) is 2. The highest BCUT2D eigenvalue weighted by atomic mass is 16.5. The van der Waals surface area contributed by atoms with E-state index >= 15 is 0 Å². The van der Waals surface area contributed by atoms with Crippen LogP contribution in [0.2, 0.25) is 0 Å². The fourth-order valence-electron chi connectivity index (χ4n) is 1.42. The molecule has 1 aromatic carbocycles. The van der Waals surface area contributed by atoms with Gasteiger partial charge < -0.3 is 4.74 Å². The minimum Gasteiger partial charge on any atom is -0.497 e. The number of nitrogens with zero attached hydrogens (tertiary/aromatic N) is 1. The van der Waals surface area contributed by atoms with Gasteiger partial charge in [-0.25, -0.2) is 0 Å². The van der Waals surface area contributed by atoms with E-state index in [1.807, 2.05) is 6.07 Å². The topological polar surface area (TPSA) is 12.5 Å². The Hall–Kier alpha value is -1.02. The molecule has 0 heterocycles. The molecule has 0 saturated carbocycles. The van der Waals surface area contributed by atoms with Crippen molar-refractivity contribution < 1.29 is 4.74 Å². The molecule has 2 nitrogen and oxygen atoms in total. The predicted molar refractivity (Wildman–Crippen MR) is 64.3 cm³/mol. The summed E-state index contributed by atoms with van der Waals surface area (Å²) in [4.78, 5) is 2.33. The molecule has 0 aliphatic heterocycles. The fourth-order valence-corrected chi connectivity index (χ4v) is 1.42. The van der Waals surface area contributed by atoms with Crippen molar-refractivity contribution >= 4 is 0 Å². The van der Waals surface area contributed by atoms with E-state index in [4.69, 9.17) is 4.74 Å². The molecule has 0 aliphatic carbocycles. The van der Waals surface area contributed by atoms with E-state index in [9.17, 15) is 0 Å². The highest BCUT2D eigenvalue weighted by Gasteiger charge is 2.06. The van der Waals surface area contributed by atoms with E-state index < -0.39 is 0 Å². The van der Waals surface area contributed by atoms with E-state index in [1.165, 1.54) is 11.1 Å². The lowest BCUT2D eigenvalue weighted by Crippen LogP contribution is -2.25. The van der Waals surface area contributed by atoms with Crippen molar-refractivity contribution in [1.29, 1.82) is 0 Å². The second-order valence-electron chi connectivity index (χ2n) is 4.30. The number of rotatable bonds is 4. The second kappa shape index (κ2) is 5.17. The molecular formula is C13H21NO. The molecule has 0 saturated heterocycles. The van der Waals surface area contributed by atoms with Crippen molar-refractivity contribution in [1.82, 2.24) is 4.90 Å². The molecule has 15 heavy (non-hydrogen) atoms. The number of benzene rings is 1. The van der Waals surface area contributed by atoms with E-state index in [1.54, 1.807) is 7.11 Å². The van der Waals surface area contributed by atoms with Crippen LogP contribution < -0.4 is 4.74 Å². The normalized spacial score (nSPS) is 11.1. The Kier molecular flexibility index (Phi) is 4.15. The molecule has 0 aromatic heterocycles. The maximum Gasteiger partial charge on any atom is 0.119 e. The lowest BCUT2D eigenvalue weighted by molar-refractivity contribution is 0.265. The molecule has 0 N–H and O–H groups in total. The summed E-state index contributed by atoms with van der Waals surface area (Å²) in [5.74, 6) is 0.934. The van der Waals surface area contributed by atoms with Gasteiger partial charge in [-0.05, 0) is 51.1 Å². The summed E-state index contributed by atoms with van der Waals surface area (Å²) in [6.07, 6.45) is 0. The monoisotopic (exact) mass is 207 g/mol. The molecule has 0 unspecified atom stereocenters. The van der Waals surface area contributed by atoms with E-state index in [0.29, 0.717) is 6.04 Å². The molecule has 0 spiro atoms. The Morgan fingerprint density at radius 3 is 2.47 bits per heavy atom. The molecule has 0 amide bonds. The highest BCUT2D eigenvalue weighted by Crippen LogP contribution is 2.18. The van der Waals surface area contributed by atoms with Crippen LogP contribution in [0.15, 0.2) is 18.2 Å². The minimum atomic E-state index is 0.575. The van der Waals surface area contributed by atoms with Crippen molar-refractivity contribution in [2.75, 3.05) is 14.2 Å². The van der Waals surface area contributed by atoms with Crippen LogP contribution >= 0.6 is 0 Å². The molecular weight excluding hydrogens is 186 g/mol. The number of methoxy groups -OCH3 is 1. The SMILES string of the molecule is COc1ccc(CN(C)C(C)C)c(C)c1. The van der Waals surface area contributed by atoms with Crippen LogP contribution in [0.25, 0.3) is 0 Å². The number of hydrogen-bond donors (Lipinski definition) is 0. The van der Waals surface area contributed by atoms with Gasteiger partial charge in [0.15, 0.2) is 0 Å². The third-order valence-corrected chi connectivity index (χ3v) is 2.85. The number of aryl methyl sites for hydroxylation is 1. The Bertz CT molecular complexity index is 320. The van der Waals surface area contributed by atoms with E-state index in [-0.39, 0.29) is 0 Å². The largest absolute Gasteiger partial charge is 0.497 e. The molecule has 0 fully saturated rings. The van der Waals surface area contributed by atoms with Crippen molar-refractivity contribution in [3.63, 3.8) is 0 Å². The zero-order valence-corrected chi connectivity index (χ0v) is 10.4. The summed E-state index contributed by atoms with van der Waals surface area (Å²) in [5, 5.41) is 0. The van der Waals surface area contributed by atoms with Gasteiger partial charge >= 0.3 is 0 Å². The maximum atomic E-state index is 5.19. The molecule has 0 aliphatic rings. The van der Waals surface area contributed by atoms with Crippen LogP contribution in [0.5, 0.6) is 5.75 Å². The lowest BCUT2D eigenvalue weighted by Gasteiger charge is -2.22. The van der Waals surface area contributed by atoms with Gasteiger partial charge in [-0.2, -0.15) is 0 Å². The summed E-state index contributed by atoms with van der Waals surface area (Å²) in [5.41, 5.74) is 2.66. The maximum absolute atomic E-state index is 5.19. The first kappa shape index (κ1) is 12.1. The van der Waals surface area contributed by atoms with Crippen molar-refractivity contribution in [3.8, 4) is 5.75 Å². The van der Waals surface area contributed by atoms with Crippen LogP contribution in [-0.4, -0.2) is 25.1 Å². The molecule has 0 atom stereocenters. The van der Waals surface area contributed by atoms with Gasteiger partial charge in [0, 0.05) is 12.6 Å². The van der Waals surface area contributed by atoms with Crippen LogP contribution in [-0.2, 0) is 6.54 Å². The zero-order chi connectivity index (χ0) is 11.4. The summed E-state index contributed by atoms with van der Waals surface area (Å²) in [7, 11) is 3.85. The molecule has 1 rings (SSSR count). The third kappa shape index (κ3) is 3.24. The van der Waals surface area contributed by atoms with Gasteiger partial charge in [-0.15, -0.1) is 0 Å². The highest BCUT2D eigenvalue weighted by molar-refractivity contribution is 5.34. The lowest BCUT2D eigenvalue weighted by atomic mass is 10.1. The first-order valence-corrected chi connectivity index (χ1v) is 5.38. The Morgan fingerprint density at radius 1 is 1.33 bits per heavy atom. The van der Waals surface area contributed by atoms with Crippen LogP contribution in [0.4, 0.5) is 0 Å². The number of ether oxygens (including phenoxy) is 1. The molecule has 84 valence electrons. The van der Waals surface area contributed by atoms with Crippen LogP contribution in [0, 0.1) is 6.92 Å². The van der Waals surface area contributed by atoms with E-state index in [0.717, 1.165) is 12.3 Å². The second-order valence-corrected chi connectivity index (χ2v) is 4.30. The Labute approximate surface area is 92.9 Å². The van der Waals surface area contributed by atoms with Gasteiger partial charge in [0.05, 0.1) is 7.11 Å². The first-order valence-electron chi connectivity index (χ1n) is 5.38. The Morgan fingerprint density at radius 2 is 2.00 bits per heavy atom. The van der Waals surface area contributed by atoms with Gasteiger partial charge in [-0.1, -0.05) is 6.07 Å². The predicted octanol–water partition coefficient (Wildman–Crippen LogP) is 2.84. The van der Waals surface area contributed by atoms with Crippen molar-refractivity contribution in [3.05, 3.63) is 29.3 Å². The molecule has 2 heteroatoms. The quantitative estimate of drug-likeness (QED) is 0.752. The fraction of sp³-hybridized carbons (Fsp3) is 0.538. The average molecular weight is 207 g/mol. The zero-order valence-electron chi connectivity index (χ0n) is 10.4. The minimum absolute atomic E-state index is 0.575. The summed E-state index contributed by atoms with van der Waals surface area (Å²) < 4.78 is 5.19. The van der Waals surface area contributed by atoms with Gasteiger partial charge in [0.2, 0.25) is 0 Å². The van der Waals surface area contributed by atoms with Crippen molar-refractivity contribution in [2.24, 2.45) is 0 Å². The molecule has 0 radical (unpaired) electrons. The summed E-state index contributed by atoms with van der Waals surface area (Å²) in [6, 6.07) is 6.83. The molecule has 1 aromatic rings. The average Bonchev–Trinajstić information content (AvgIpc) is 2.20. The summed E-state index contributed by atoms with van der Waals surface area (Å²) in [6.45, 7) is 7.54. The molecule has 0 bridgehead atoms. The smallest absolute Gasteiger partial charge is 0.119 e. The van der Waals surface area contributed by atoms with Gasteiger partial charge in [0.1, 0.15) is 5.75 Å². The standard InChI is InChI=1S/C13H21NO/c1-10(2)14(4)9-12-6-7-13(15-5)8-11(12)3/h6-8,10H,9H2,1-5H3. The van der Waals surface area contributed by atoms with Crippen LogP contribution in [0.3, 0.4) is 0 Å². The Balaban J connectivity index is 2.78.